The topological polar surface area (TPSA) is 41.9 Å². The number of benzene rings is 1. The van der Waals surface area contributed by atoms with Gasteiger partial charge in [0.15, 0.2) is 11.5 Å². The Bertz CT molecular complexity index is 447. The largest absolute Gasteiger partial charge is 0.454 e. The summed E-state index contributed by atoms with van der Waals surface area (Å²) in [6.07, 6.45) is 3.04. The number of rotatable bonds is 4. The number of fused-ring (bicyclic) bond motifs is 1. The second-order valence-corrected chi connectivity index (χ2v) is 5.56. The summed E-state index contributed by atoms with van der Waals surface area (Å²) >= 11 is 0. The Morgan fingerprint density at radius 1 is 1.37 bits per heavy atom. The first-order valence-corrected chi connectivity index (χ1v) is 7.05. The monoisotopic (exact) mass is 263 g/mol. The Hall–Kier alpha value is -1.42. The zero-order valence-electron chi connectivity index (χ0n) is 11.3. The van der Waals surface area contributed by atoms with Gasteiger partial charge < -0.3 is 19.5 Å². The number of aliphatic hydroxyl groups excluding tert-OH is 1. The fourth-order valence-electron chi connectivity index (χ4n) is 2.86. The molecule has 0 spiro atoms. The molecule has 2 aliphatic heterocycles. The Morgan fingerprint density at radius 2 is 2.21 bits per heavy atom. The van der Waals surface area contributed by atoms with Crippen molar-refractivity contribution < 1.29 is 14.6 Å². The quantitative estimate of drug-likeness (QED) is 0.905. The van der Waals surface area contributed by atoms with Crippen LogP contribution in [0.3, 0.4) is 0 Å². The minimum atomic E-state index is -0.181. The van der Waals surface area contributed by atoms with E-state index in [1.165, 1.54) is 12.1 Å². The van der Waals surface area contributed by atoms with Crippen molar-refractivity contribution in [3.8, 4) is 11.5 Å². The Balaban J connectivity index is 1.61. The second-order valence-electron chi connectivity index (χ2n) is 5.56. The van der Waals surface area contributed by atoms with Crippen LogP contribution in [0.25, 0.3) is 0 Å². The van der Waals surface area contributed by atoms with Gasteiger partial charge in [0.1, 0.15) is 0 Å². The van der Waals surface area contributed by atoms with Gasteiger partial charge in [0, 0.05) is 24.8 Å². The van der Waals surface area contributed by atoms with Crippen LogP contribution in [0.2, 0.25) is 0 Å². The minimum absolute atomic E-state index is 0.181. The van der Waals surface area contributed by atoms with E-state index in [0.717, 1.165) is 37.4 Å². The summed E-state index contributed by atoms with van der Waals surface area (Å²) in [5, 5.41) is 9.36. The lowest BCUT2D eigenvalue weighted by atomic mass is 10.0. The molecular formula is C15H21NO3. The van der Waals surface area contributed by atoms with Gasteiger partial charge in [-0.25, -0.2) is 0 Å². The van der Waals surface area contributed by atoms with Crippen LogP contribution < -0.4 is 14.4 Å². The summed E-state index contributed by atoms with van der Waals surface area (Å²) in [7, 11) is 0. The van der Waals surface area contributed by atoms with Crippen molar-refractivity contribution in [2.75, 3.05) is 24.8 Å². The van der Waals surface area contributed by atoms with E-state index in [0.29, 0.717) is 12.7 Å². The van der Waals surface area contributed by atoms with Gasteiger partial charge in [-0.15, -0.1) is 0 Å². The predicted molar refractivity (Wildman–Crippen MR) is 73.8 cm³/mol. The summed E-state index contributed by atoms with van der Waals surface area (Å²) in [5.41, 5.74) is 1.21. The highest BCUT2D eigenvalue weighted by atomic mass is 16.7. The molecule has 4 nitrogen and oxygen atoms in total. The second kappa shape index (κ2) is 5.29. The molecule has 2 aliphatic rings. The minimum Gasteiger partial charge on any atom is -0.454 e. The lowest BCUT2D eigenvalue weighted by molar-refractivity contribution is 0.174. The van der Waals surface area contributed by atoms with Crippen LogP contribution in [0.1, 0.15) is 26.2 Å². The first-order chi connectivity index (χ1) is 9.22. The summed E-state index contributed by atoms with van der Waals surface area (Å²) in [6, 6.07) is 6.16. The molecule has 1 N–H and O–H groups in total. The third-order valence-electron chi connectivity index (χ3n) is 4.00. The summed E-state index contributed by atoms with van der Waals surface area (Å²) in [6.45, 7) is 4.36. The zero-order valence-corrected chi connectivity index (χ0v) is 11.3. The van der Waals surface area contributed by atoms with Gasteiger partial charge in [0.05, 0.1) is 6.10 Å². The van der Waals surface area contributed by atoms with Crippen LogP contribution in [-0.4, -0.2) is 31.1 Å². The molecule has 0 bridgehead atoms. The molecule has 0 aromatic heterocycles. The van der Waals surface area contributed by atoms with E-state index in [-0.39, 0.29) is 6.10 Å². The van der Waals surface area contributed by atoms with Crippen LogP contribution in [0.15, 0.2) is 18.2 Å². The SMILES string of the molecule is CC(O)CCC1CCN(c2ccc3c(c2)OCO3)C1. The van der Waals surface area contributed by atoms with Gasteiger partial charge in [-0.3, -0.25) is 0 Å². The average molecular weight is 263 g/mol. The van der Waals surface area contributed by atoms with Crippen LogP contribution >= 0.6 is 0 Å². The molecule has 0 amide bonds. The number of ether oxygens (including phenoxy) is 2. The molecule has 4 heteroatoms. The molecule has 2 heterocycles. The van der Waals surface area contributed by atoms with E-state index in [2.05, 4.69) is 17.0 Å². The highest BCUT2D eigenvalue weighted by Crippen LogP contribution is 2.37. The molecule has 0 radical (unpaired) electrons. The lowest BCUT2D eigenvalue weighted by Gasteiger charge is -2.19. The summed E-state index contributed by atoms with van der Waals surface area (Å²) < 4.78 is 10.8. The smallest absolute Gasteiger partial charge is 0.231 e. The van der Waals surface area contributed by atoms with Crippen molar-refractivity contribution in [1.29, 1.82) is 0 Å². The highest BCUT2D eigenvalue weighted by Gasteiger charge is 2.24. The van der Waals surface area contributed by atoms with Gasteiger partial charge in [-0.2, -0.15) is 0 Å². The van der Waals surface area contributed by atoms with Gasteiger partial charge in [-0.1, -0.05) is 0 Å². The van der Waals surface area contributed by atoms with E-state index in [1.807, 2.05) is 13.0 Å². The first kappa shape index (κ1) is 12.6. The predicted octanol–water partition coefficient (Wildman–Crippen LogP) is 2.40. The van der Waals surface area contributed by atoms with Gasteiger partial charge in [0.2, 0.25) is 6.79 Å². The maximum Gasteiger partial charge on any atom is 0.231 e. The molecule has 0 saturated carbocycles. The molecule has 1 aromatic rings. The van der Waals surface area contributed by atoms with Crippen molar-refractivity contribution >= 4 is 5.69 Å². The molecule has 2 unspecified atom stereocenters. The molecule has 104 valence electrons. The van der Waals surface area contributed by atoms with E-state index in [1.54, 1.807) is 0 Å². The van der Waals surface area contributed by atoms with Crippen LogP contribution in [-0.2, 0) is 0 Å². The van der Waals surface area contributed by atoms with E-state index in [9.17, 15) is 5.11 Å². The molecule has 1 aromatic carbocycles. The highest BCUT2D eigenvalue weighted by molar-refractivity contribution is 5.57. The summed E-state index contributed by atoms with van der Waals surface area (Å²) in [4.78, 5) is 2.40. The number of hydrogen-bond acceptors (Lipinski definition) is 4. The molecule has 1 fully saturated rings. The van der Waals surface area contributed by atoms with Crippen molar-refractivity contribution in [1.82, 2.24) is 0 Å². The zero-order chi connectivity index (χ0) is 13.2. The number of anilines is 1. The molecule has 0 aliphatic carbocycles. The van der Waals surface area contributed by atoms with Gasteiger partial charge >= 0.3 is 0 Å². The fourth-order valence-corrected chi connectivity index (χ4v) is 2.86. The van der Waals surface area contributed by atoms with Gasteiger partial charge in [-0.05, 0) is 44.2 Å². The van der Waals surface area contributed by atoms with Crippen LogP contribution in [0, 0.1) is 5.92 Å². The number of nitrogens with zero attached hydrogens (tertiary/aromatic N) is 1. The van der Waals surface area contributed by atoms with Crippen LogP contribution in [0.5, 0.6) is 11.5 Å². The van der Waals surface area contributed by atoms with Gasteiger partial charge in [0.25, 0.3) is 0 Å². The van der Waals surface area contributed by atoms with E-state index >= 15 is 0 Å². The molecule has 3 rings (SSSR count). The van der Waals surface area contributed by atoms with E-state index in [4.69, 9.17) is 9.47 Å². The van der Waals surface area contributed by atoms with Crippen molar-refractivity contribution in [2.45, 2.75) is 32.3 Å². The third-order valence-corrected chi connectivity index (χ3v) is 4.00. The van der Waals surface area contributed by atoms with E-state index < -0.39 is 0 Å². The fraction of sp³-hybridized carbons (Fsp3) is 0.600. The normalized spacial score (nSPS) is 22.8. The van der Waals surface area contributed by atoms with Crippen molar-refractivity contribution in [3.05, 3.63) is 18.2 Å². The maximum absolute atomic E-state index is 9.36. The molecule has 19 heavy (non-hydrogen) atoms. The molecule has 2 atom stereocenters. The Labute approximate surface area is 113 Å². The standard InChI is InChI=1S/C15H21NO3/c1-11(17)2-3-12-6-7-16(9-12)13-4-5-14-15(8-13)19-10-18-14/h4-5,8,11-12,17H,2-3,6-7,9-10H2,1H3. The Kier molecular flexibility index (Phi) is 3.51. The lowest BCUT2D eigenvalue weighted by Crippen LogP contribution is -2.19. The van der Waals surface area contributed by atoms with Crippen molar-refractivity contribution in [2.24, 2.45) is 5.92 Å². The molecule has 1 saturated heterocycles. The maximum atomic E-state index is 9.36. The number of aliphatic hydroxyl groups is 1. The summed E-state index contributed by atoms with van der Waals surface area (Å²) in [5.74, 6) is 2.39. The Morgan fingerprint density at radius 3 is 3.05 bits per heavy atom. The number of hydrogen-bond donors (Lipinski definition) is 1. The first-order valence-electron chi connectivity index (χ1n) is 7.05. The molecular weight excluding hydrogens is 242 g/mol. The average Bonchev–Trinajstić information content (AvgIpc) is 3.04. The third kappa shape index (κ3) is 2.78. The van der Waals surface area contributed by atoms with Crippen LogP contribution in [0.4, 0.5) is 5.69 Å². The van der Waals surface area contributed by atoms with Crippen molar-refractivity contribution in [3.63, 3.8) is 0 Å².